The number of carbonyl (C=O) groups excluding carboxylic acids is 1. The second-order valence-corrected chi connectivity index (χ2v) is 7.01. The van der Waals surface area contributed by atoms with Crippen molar-refractivity contribution in [1.82, 2.24) is 4.90 Å². The van der Waals surface area contributed by atoms with Gasteiger partial charge in [0.25, 0.3) is 5.91 Å². The van der Waals surface area contributed by atoms with E-state index in [1.807, 2.05) is 0 Å². The number of amides is 1. The largest absolute Gasteiger partial charge is 0.506 e. The Kier molecular flexibility index (Phi) is 6.53. The van der Waals surface area contributed by atoms with Gasteiger partial charge in [-0.3, -0.25) is 14.9 Å². The number of phenolic OH excluding ortho intramolecular Hbond substituents is 1. The summed E-state index contributed by atoms with van der Waals surface area (Å²) in [6.07, 6.45) is 0. The van der Waals surface area contributed by atoms with Crippen molar-refractivity contribution in [2.75, 3.05) is 32.6 Å². The molecule has 2 aromatic carbocycles. The van der Waals surface area contributed by atoms with E-state index in [0.29, 0.717) is 24.6 Å². The number of carbonyl (C=O) groups is 1. The average molecular weight is 458 g/mol. The number of nitro benzene ring substituents is 1. The number of aromatic hydroxyl groups is 1. The van der Waals surface area contributed by atoms with Crippen LogP contribution in [-0.2, 0) is 11.3 Å². The molecule has 0 unspecified atom stereocenters. The van der Waals surface area contributed by atoms with Crippen molar-refractivity contribution in [3.63, 3.8) is 0 Å². The first-order valence-electron chi connectivity index (χ1n) is 9.51. The Morgan fingerprint density at radius 2 is 2.15 bits per heavy atom. The van der Waals surface area contributed by atoms with Crippen LogP contribution in [0.2, 0.25) is 0 Å². The number of rotatable bonds is 6. The highest BCUT2D eigenvalue weighted by Gasteiger charge is 2.26. The molecule has 0 spiro atoms. The van der Waals surface area contributed by atoms with Gasteiger partial charge in [0, 0.05) is 43.4 Å². The number of hydrogen-bond acceptors (Lipinski definition) is 9. The molecule has 0 atom stereocenters. The zero-order chi connectivity index (χ0) is 24.3. The average Bonchev–Trinajstić information content (AvgIpc) is 2.79. The summed E-state index contributed by atoms with van der Waals surface area (Å²) >= 11 is 0. The van der Waals surface area contributed by atoms with Gasteiger partial charge >= 0.3 is 5.69 Å². The van der Waals surface area contributed by atoms with Gasteiger partial charge in [0.1, 0.15) is 30.0 Å². The predicted octanol–water partition coefficient (Wildman–Crippen LogP) is 2.70. The van der Waals surface area contributed by atoms with Gasteiger partial charge in [-0.05, 0) is 12.1 Å². The maximum atomic E-state index is 14.5. The van der Waals surface area contributed by atoms with E-state index in [1.165, 1.54) is 19.2 Å². The molecular weight excluding hydrogens is 439 g/mol. The van der Waals surface area contributed by atoms with Crippen molar-refractivity contribution in [3.05, 3.63) is 56.9 Å². The molecule has 0 saturated heterocycles. The van der Waals surface area contributed by atoms with Gasteiger partial charge in [-0.25, -0.2) is 4.39 Å². The van der Waals surface area contributed by atoms with Crippen molar-refractivity contribution >= 4 is 23.0 Å². The van der Waals surface area contributed by atoms with E-state index in [-0.39, 0.29) is 23.4 Å². The van der Waals surface area contributed by atoms with E-state index in [9.17, 15) is 34.8 Å². The van der Waals surface area contributed by atoms with Crippen LogP contribution in [0.5, 0.6) is 17.2 Å². The quantitative estimate of drug-likeness (QED) is 0.194. The molecule has 3 N–H and O–H groups in total. The third kappa shape index (κ3) is 4.57. The Morgan fingerprint density at radius 1 is 1.42 bits per heavy atom. The standard InChI is InChI=1S/C21H19FN4O7/c1-25(10-12-7-17-15(8-14(12)22)24-3-4-33-17)21(29)13(9-23)19(27)11-5-16(26(30)31)20(28)18(6-11)32-2/h5-8,24,27-28H,3-4,10H2,1-2H3/b19-13-. The summed E-state index contributed by atoms with van der Waals surface area (Å²) in [5.74, 6) is -3.12. The number of phenols is 1. The maximum Gasteiger partial charge on any atom is 0.315 e. The predicted molar refractivity (Wildman–Crippen MR) is 113 cm³/mol. The molecule has 0 aliphatic carbocycles. The van der Waals surface area contributed by atoms with E-state index in [0.717, 1.165) is 24.1 Å². The summed E-state index contributed by atoms with van der Waals surface area (Å²) in [5, 5.41) is 44.1. The molecule has 0 bridgehead atoms. The summed E-state index contributed by atoms with van der Waals surface area (Å²) in [6.45, 7) is 0.670. The molecule has 33 heavy (non-hydrogen) atoms. The van der Waals surface area contributed by atoms with Crippen LogP contribution in [-0.4, -0.2) is 53.3 Å². The van der Waals surface area contributed by atoms with Crippen molar-refractivity contribution in [1.29, 1.82) is 5.26 Å². The Bertz CT molecular complexity index is 1210. The number of nitrogens with one attached hydrogen (secondary N) is 1. The fourth-order valence-corrected chi connectivity index (χ4v) is 3.21. The first-order chi connectivity index (χ1) is 15.7. The third-order valence-electron chi connectivity index (χ3n) is 4.89. The number of ether oxygens (including phenoxy) is 2. The summed E-state index contributed by atoms with van der Waals surface area (Å²) < 4.78 is 24.8. The number of hydrogen-bond donors (Lipinski definition) is 3. The van der Waals surface area contributed by atoms with Crippen LogP contribution in [0.15, 0.2) is 29.8 Å². The number of aliphatic hydroxyl groups excluding tert-OH is 1. The first kappa shape index (κ1) is 23.1. The molecule has 1 aliphatic rings. The van der Waals surface area contributed by atoms with E-state index >= 15 is 0 Å². The van der Waals surface area contributed by atoms with E-state index in [2.05, 4.69) is 5.32 Å². The van der Waals surface area contributed by atoms with E-state index < -0.39 is 39.4 Å². The second kappa shape index (κ2) is 9.31. The molecule has 2 aromatic rings. The van der Waals surface area contributed by atoms with Gasteiger partial charge in [0.2, 0.25) is 5.75 Å². The lowest BCUT2D eigenvalue weighted by molar-refractivity contribution is -0.386. The molecule has 0 fully saturated rings. The molecule has 1 amide bonds. The van der Waals surface area contributed by atoms with E-state index in [4.69, 9.17) is 9.47 Å². The normalized spacial score (nSPS) is 12.9. The van der Waals surface area contributed by atoms with Crippen LogP contribution in [0.3, 0.4) is 0 Å². The van der Waals surface area contributed by atoms with Gasteiger partial charge in [0.15, 0.2) is 11.3 Å². The lowest BCUT2D eigenvalue weighted by atomic mass is 10.1. The number of halogens is 1. The molecule has 1 aliphatic heterocycles. The maximum absolute atomic E-state index is 14.5. The number of fused-ring (bicyclic) bond motifs is 1. The summed E-state index contributed by atoms with van der Waals surface area (Å²) in [6, 6.07) is 6.08. The van der Waals surface area contributed by atoms with Crippen molar-refractivity contribution in [2.24, 2.45) is 0 Å². The lowest BCUT2D eigenvalue weighted by Gasteiger charge is -2.22. The van der Waals surface area contributed by atoms with Gasteiger partial charge < -0.3 is 29.9 Å². The van der Waals surface area contributed by atoms with Gasteiger partial charge in [-0.15, -0.1) is 0 Å². The number of nitrogens with zero attached hydrogens (tertiary/aromatic N) is 3. The molecule has 12 heteroatoms. The summed E-state index contributed by atoms with van der Waals surface area (Å²) in [4.78, 5) is 24.1. The highest BCUT2D eigenvalue weighted by Crippen LogP contribution is 2.39. The third-order valence-corrected chi connectivity index (χ3v) is 4.89. The van der Waals surface area contributed by atoms with Crippen LogP contribution in [0, 0.1) is 27.3 Å². The zero-order valence-electron chi connectivity index (χ0n) is 17.6. The molecule has 172 valence electrons. The van der Waals surface area contributed by atoms with Crippen molar-refractivity contribution < 1.29 is 33.8 Å². The minimum Gasteiger partial charge on any atom is -0.506 e. The molecule has 0 aromatic heterocycles. The number of nitriles is 1. The van der Waals surface area contributed by atoms with Crippen LogP contribution in [0.1, 0.15) is 11.1 Å². The number of methoxy groups -OCH3 is 1. The van der Waals surface area contributed by atoms with Crippen LogP contribution in [0.25, 0.3) is 5.76 Å². The Hall–Kier alpha value is -4.53. The topological polar surface area (TPSA) is 158 Å². The molecule has 11 nitrogen and oxygen atoms in total. The second-order valence-electron chi connectivity index (χ2n) is 7.01. The van der Waals surface area contributed by atoms with Crippen LogP contribution < -0.4 is 14.8 Å². The highest BCUT2D eigenvalue weighted by molar-refractivity contribution is 6.03. The SMILES string of the molecule is COc1cc(/C(O)=C(\C#N)C(=O)N(C)Cc2cc3c(cc2F)NCCO3)cc([N+](=O)[O-])c1O. The molecule has 0 saturated carbocycles. The molecule has 3 rings (SSSR count). The smallest absolute Gasteiger partial charge is 0.315 e. The van der Waals surface area contributed by atoms with Crippen LogP contribution >= 0.6 is 0 Å². The number of benzene rings is 2. The molecule has 1 heterocycles. The Morgan fingerprint density at radius 3 is 2.79 bits per heavy atom. The number of aliphatic hydroxyl groups is 1. The monoisotopic (exact) mass is 458 g/mol. The summed E-state index contributed by atoms with van der Waals surface area (Å²) in [7, 11) is 2.44. The Balaban J connectivity index is 1.94. The van der Waals surface area contributed by atoms with Gasteiger partial charge in [0.05, 0.1) is 17.7 Å². The lowest BCUT2D eigenvalue weighted by Crippen LogP contribution is -2.28. The molecule has 0 radical (unpaired) electrons. The van der Waals surface area contributed by atoms with E-state index in [1.54, 1.807) is 6.07 Å². The fraction of sp³-hybridized carbons (Fsp3) is 0.238. The first-order valence-corrected chi connectivity index (χ1v) is 9.51. The number of anilines is 1. The fourth-order valence-electron chi connectivity index (χ4n) is 3.21. The van der Waals surface area contributed by atoms with Crippen LogP contribution in [0.4, 0.5) is 15.8 Å². The van der Waals surface area contributed by atoms with Crippen molar-refractivity contribution in [3.8, 4) is 23.3 Å². The Labute approximate surface area is 187 Å². The summed E-state index contributed by atoms with van der Waals surface area (Å²) in [5.41, 5.74) is -1.23. The highest BCUT2D eigenvalue weighted by atomic mass is 19.1. The van der Waals surface area contributed by atoms with Crippen molar-refractivity contribution in [2.45, 2.75) is 6.54 Å². The molecular formula is C21H19FN4O7. The number of nitro groups is 1. The minimum atomic E-state index is -0.958. The number of likely N-dealkylation sites (N-methyl/N-ethyl adjacent to an activating group) is 1. The zero-order valence-corrected chi connectivity index (χ0v) is 17.6. The van der Waals surface area contributed by atoms with Gasteiger partial charge in [-0.2, -0.15) is 5.26 Å². The minimum absolute atomic E-state index is 0.118. The van der Waals surface area contributed by atoms with Gasteiger partial charge in [-0.1, -0.05) is 0 Å².